The fraction of sp³-hybridized carbons (Fsp3) is 0.357. The van der Waals surface area contributed by atoms with Gasteiger partial charge in [-0.3, -0.25) is 9.52 Å². The smallest absolute Gasteiger partial charge is 0.387 e. The number of benzene rings is 2. The zero-order valence-corrected chi connectivity index (χ0v) is 27.3. The Kier molecular flexibility index (Phi) is 11.5. The van der Waals surface area contributed by atoms with Crippen LogP contribution in [-0.2, 0) is 41.8 Å². The van der Waals surface area contributed by atoms with Crippen molar-refractivity contribution < 1.29 is 49.4 Å². The van der Waals surface area contributed by atoms with Crippen LogP contribution in [0.25, 0.3) is 0 Å². The van der Waals surface area contributed by atoms with Gasteiger partial charge >= 0.3 is 12.6 Å². The van der Waals surface area contributed by atoms with Crippen molar-refractivity contribution in [3.63, 3.8) is 0 Å². The molecule has 2 aromatic carbocycles. The van der Waals surface area contributed by atoms with Gasteiger partial charge < -0.3 is 19.4 Å². The number of esters is 1. The molecule has 1 heterocycles. The van der Waals surface area contributed by atoms with Crippen molar-refractivity contribution in [1.82, 2.24) is 4.72 Å². The maximum Gasteiger partial charge on any atom is 0.387 e. The van der Waals surface area contributed by atoms with Crippen LogP contribution in [0.15, 0.2) is 54.9 Å². The van der Waals surface area contributed by atoms with Crippen LogP contribution in [0.5, 0.6) is 11.5 Å². The predicted octanol–water partition coefficient (Wildman–Crippen LogP) is 4.34. The van der Waals surface area contributed by atoms with Crippen molar-refractivity contribution in [1.29, 1.82) is 0 Å². The molecule has 4 rings (SSSR count). The standard InChI is InChI=1S/C28H29Cl2F2N3O9S2/c1-45(38,39)34-20-7-4-18(5-8-20)16-46(40,41)33-12-27(36)43-25(11-21-22(29)13-35(37)14-23(21)30)19-6-9-24(44-28(31)32)26(10-19)42-15-17-2-3-17/h4-10,13-14,17,25,28,33-34H,2-3,11-12,15-16H2,1H3. The van der Waals surface area contributed by atoms with E-state index in [0.29, 0.717) is 10.3 Å². The highest BCUT2D eigenvalue weighted by molar-refractivity contribution is 7.92. The minimum atomic E-state index is -4.07. The summed E-state index contributed by atoms with van der Waals surface area (Å²) in [4.78, 5) is 12.9. The largest absolute Gasteiger partial charge is 0.619 e. The number of hydrogen-bond acceptors (Lipinski definition) is 9. The number of halogens is 4. The summed E-state index contributed by atoms with van der Waals surface area (Å²) in [5, 5.41) is 11.7. The molecule has 1 saturated carbocycles. The first-order chi connectivity index (χ1) is 21.6. The van der Waals surface area contributed by atoms with Crippen molar-refractivity contribution in [2.24, 2.45) is 5.92 Å². The number of anilines is 1. The van der Waals surface area contributed by atoms with Gasteiger partial charge in [0.05, 0.1) is 18.6 Å². The normalized spacial score (nSPS) is 14.1. The first-order valence-corrected chi connectivity index (χ1v) is 17.9. The molecule has 1 fully saturated rings. The Morgan fingerprint density at radius 1 is 1.04 bits per heavy atom. The van der Waals surface area contributed by atoms with E-state index in [1.54, 1.807) is 0 Å². The molecule has 0 spiro atoms. The second-order valence-corrected chi connectivity index (χ2v) is 14.8. The van der Waals surface area contributed by atoms with E-state index in [-0.39, 0.29) is 57.3 Å². The molecule has 12 nitrogen and oxygen atoms in total. The summed E-state index contributed by atoms with van der Waals surface area (Å²) in [6.07, 6.45) is 3.55. The van der Waals surface area contributed by atoms with Gasteiger partial charge in [0.2, 0.25) is 20.0 Å². The quantitative estimate of drug-likeness (QED) is 0.124. The van der Waals surface area contributed by atoms with Gasteiger partial charge in [-0.15, -0.1) is 0 Å². The van der Waals surface area contributed by atoms with Gasteiger partial charge in [-0.1, -0.05) is 41.4 Å². The fourth-order valence-corrected chi connectivity index (χ4v) is 6.42. The molecule has 1 atom stereocenters. The predicted molar refractivity (Wildman–Crippen MR) is 165 cm³/mol. The lowest BCUT2D eigenvalue weighted by Gasteiger charge is -2.21. The van der Waals surface area contributed by atoms with Crippen molar-refractivity contribution in [2.45, 2.75) is 37.7 Å². The molecule has 0 saturated heterocycles. The summed E-state index contributed by atoms with van der Waals surface area (Å²) in [7, 11) is -7.58. The first kappa shape index (κ1) is 35.4. The van der Waals surface area contributed by atoms with Crippen LogP contribution < -0.4 is 23.6 Å². The number of pyridine rings is 1. The number of ether oxygens (including phenoxy) is 3. The second kappa shape index (κ2) is 15.0. The van der Waals surface area contributed by atoms with Gasteiger partial charge in [0, 0.05) is 17.7 Å². The highest BCUT2D eigenvalue weighted by Gasteiger charge is 2.27. The molecule has 1 aromatic heterocycles. The van der Waals surface area contributed by atoms with Gasteiger partial charge in [0.15, 0.2) is 23.9 Å². The van der Waals surface area contributed by atoms with Crippen LogP contribution in [0.1, 0.15) is 35.6 Å². The van der Waals surface area contributed by atoms with Crippen molar-refractivity contribution >= 4 is 54.9 Å². The molecule has 0 bridgehead atoms. The molecule has 1 unspecified atom stereocenters. The SMILES string of the molecule is CS(=O)(=O)Nc1ccc(CS(=O)(=O)NCC(=O)OC(Cc2c(Cl)c[n+]([O-])cc2Cl)c2ccc(OC(F)F)c(OCC3CC3)c2)cc1. The number of carbonyl (C=O) groups excluding carboxylic acids is 1. The van der Waals surface area contributed by atoms with Crippen LogP contribution in [0.2, 0.25) is 10.0 Å². The molecule has 18 heteroatoms. The van der Waals surface area contributed by atoms with E-state index in [1.807, 2.05) is 0 Å². The van der Waals surface area contributed by atoms with Gasteiger partial charge in [-0.05, 0) is 54.2 Å². The van der Waals surface area contributed by atoms with Crippen molar-refractivity contribution in [2.75, 3.05) is 24.1 Å². The van der Waals surface area contributed by atoms with Crippen LogP contribution >= 0.6 is 23.2 Å². The molecule has 2 N–H and O–H groups in total. The Bertz CT molecular complexity index is 1750. The van der Waals surface area contributed by atoms with E-state index in [4.69, 9.17) is 32.7 Å². The van der Waals surface area contributed by atoms with E-state index in [1.165, 1.54) is 42.5 Å². The molecule has 3 aromatic rings. The lowest BCUT2D eigenvalue weighted by molar-refractivity contribution is -0.605. The number of rotatable bonds is 16. The number of aromatic nitrogens is 1. The highest BCUT2D eigenvalue weighted by Crippen LogP contribution is 2.37. The fourth-order valence-electron chi connectivity index (χ4n) is 4.18. The molecule has 0 radical (unpaired) electrons. The molecule has 250 valence electrons. The topological polar surface area (TPSA) is 164 Å². The van der Waals surface area contributed by atoms with Gasteiger partial charge in [-0.2, -0.15) is 13.5 Å². The Labute approximate surface area is 274 Å². The monoisotopic (exact) mass is 723 g/mol. The number of sulfonamides is 2. The maximum absolute atomic E-state index is 13.1. The number of hydrogen-bond donors (Lipinski definition) is 2. The highest BCUT2D eigenvalue weighted by atomic mass is 35.5. The van der Waals surface area contributed by atoms with Crippen molar-refractivity contribution in [3.05, 3.63) is 86.8 Å². The summed E-state index contributed by atoms with van der Waals surface area (Å²) in [6.45, 7) is -3.65. The molecule has 0 aliphatic heterocycles. The average Bonchev–Trinajstić information content (AvgIpc) is 3.77. The minimum Gasteiger partial charge on any atom is -0.619 e. The van der Waals surface area contributed by atoms with E-state index in [9.17, 15) is 35.6 Å². The first-order valence-electron chi connectivity index (χ1n) is 13.6. The Hall–Kier alpha value is -3.44. The van der Waals surface area contributed by atoms with E-state index in [0.717, 1.165) is 31.5 Å². The zero-order valence-electron chi connectivity index (χ0n) is 24.1. The summed E-state index contributed by atoms with van der Waals surface area (Å²) >= 11 is 12.5. The summed E-state index contributed by atoms with van der Waals surface area (Å²) in [6, 6.07) is 9.55. The number of carbonyl (C=O) groups is 1. The van der Waals surface area contributed by atoms with Crippen LogP contribution in [0.4, 0.5) is 14.5 Å². The van der Waals surface area contributed by atoms with Gasteiger partial charge in [0.1, 0.15) is 22.7 Å². The Balaban J connectivity index is 1.51. The molecular weight excluding hydrogens is 695 g/mol. The lowest BCUT2D eigenvalue weighted by Crippen LogP contribution is -2.32. The Morgan fingerprint density at radius 3 is 2.28 bits per heavy atom. The van der Waals surface area contributed by atoms with E-state index in [2.05, 4.69) is 14.2 Å². The summed E-state index contributed by atoms with van der Waals surface area (Å²) in [5.41, 5.74) is 1.05. The van der Waals surface area contributed by atoms with E-state index < -0.39 is 51.0 Å². The van der Waals surface area contributed by atoms with Gasteiger partial charge in [0.25, 0.3) is 0 Å². The number of alkyl halides is 2. The summed E-state index contributed by atoms with van der Waals surface area (Å²) in [5.74, 6) is -1.52. The minimum absolute atomic E-state index is 0.0214. The number of nitrogens with zero attached hydrogens (tertiary/aromatic N) is 1. The van der Waals surface area contributed by atoms with Crippen LogP contribution in [0, 0.1) is 11.1 Å². The van der Waals surface area contributed by atoms with Crippen LogP contribution in [0.3, 0.4) is 0 Å². The lowest BCUT2D eigenvalue weighted by atomic mass is 10.0. The molecule has 1 aliphatic rings. The second-order valence-electron chi connectivity index (χ2n) is 10.5. The Morgan fingerprint density at radius 2 is 1.70 bits per heavy atom. The molecule has 1 aliphatic carbocycles. The number of nitrogens with one attached hydrogen (secondary N) is 2. The maximum atomic E-state index is 13.1. The molecule has 0 amide bonds. The van der Waals surface area contributed by atoms with Crippen molar-refractivity contribution in [3.8, 4) is 11.5 Å². The van der Waals surface area contributed by atoms with Crippen LogP contribution in [-0.4, -0.2) is 48.8 Å². The van der Waals surface area contributed by atoms with E-state index >= 15 is 0 Å². The third-order valence-electron chi connectivity index (χ3n) is 6.50. The molecular formula is C28H29Cl2F2N3O9S2. The van der Waals surface area contributed by atoms with Gasteiger partial charge in [-0.25, -0.2) is 21.6 Å². The summed E-state index contributed by atoms with van der Waals surface area (Å²) < 4.78 is 95.0. The zero-order chi connectivity index (χ0) is 33.6. The third-order valence-corrected chi connectivity index (χ3v) is 9.05. The molecule has 46 heavy (non-hydrogen) atoms. The average molecular weight is 725 g/mol. The third kappa shape index (κ3) is 11.1.